The van der Waals surface area contributed by atoms with Crippen molar-refractivity contribution in [3.8, 4) is 0 Å². The fraction of sp³-hybridized carbons (Fsp3) is 0.167. The third-order valence-corrected chi connectivity index (χ3v) is 1.25. The molecule has 0 aliphatic heterocycles. The van der Waals surface area contributed by atoms with Crippen LogP contribution in [0, 0.1) is 0 Å². The Balaban J connectivity index is 0.000000213. The van der Waals surface area contributed by atoms with Crippen molar-refractivity contribution in [3.05, 3.63) is 12.7 Å². The van der Waals surface area contributed by atoms with E-state index in [9.17, 15) is 0 Å². The zero-order valence-electron chi connectivity index (χ0n) is 6.78. The van der Waals surface area contributed by atoms with E-state index in [1.165, 1.54) is 12.7 Å². The van der Waals surface area contributed by atoms with Crippen molar-refractivity contribution in [2.45, 2.75) is 4.30 Å². The minimum Gasteiger partial charge on any atom is -0.382 e. The lowest BCUT2D eigenvalue weighted by Crippen LogP contribution is -1.91. The lowest BCUT2D eigenvalue weighted by atomic mass is 10.5. The van der Waals surface area contributed by atoms with Gasteiger partial charge in [-0.15, -0.1) is 0 Å². The molecule has 14 heavy (non-hydrogen) atoms. The van der Waals surface area contributed by atoms with Crippen molar-refractivity contribution in [2.75, 3.05) is 5.73 Å². The van der Waals surface area contributed by atoms with Crippen molar-refractivity contribution >= 4 is 51.8 Å². The first-order valence-electron chi connectivity index (χ1n) is 3.43. The summed E-state index contributed by atoms with van der Waals surface area (Å²) in [6.07, 6.45) is 2.92. The first kappa shape index (κ1) is 11.3. The number of nitrogen functional groups attached to an aromatic ring is 1. The average Bonchev–Trinajstić information content (AvgIpc) is 2.52. The fourth-order valence-electron chi connectivity index (χ4n) is 0.784. The van der Waals surface area contributed by atoms with Crippen LogP contribution < -0.4 is 5.73 Å². The Labute approximate surface area is 94.6 Å². The van der Waals surface area contributed by atoms with Gasteiger partial charge in [0.2, 0.25) is 0 Å². The Morgan fingerprint density at radius 2 is 1.86 bits per heavy atom. The number of nitrogens with two attached hydrogens (primary N) is 1. The van der Waals surface area contributed by atoms with Crippen LogP contribution in [0.4, 0.5) is 5.82 Å². The monoisotopic (exact) mass is 253 g/mol. The van der Waals surface area contributed by atoms with E-state index in [2.05, 4.69) is 19.9 Å². The zero-order chi connectivity index (χ0) is 10.6. The molecule has 0 atom stereocenters. The molecule has 76 valence electrons. The number of alkyl halides is 3. The molecule has 0 aliphatic rings. The lowest BCUT2D eigenvalue weighted by molar-refractivity contribution is 1.21. The van der Waals surface area contributed by atoms with Crippen molar-refractivity contribution in [3.63, 3.8) is 0 Å². The second kappa shape index (κ2) is 5.19. The molecule has 0 saturated carbocycles. The van der Waals surface area contributed by atoms with Gasteiger partial charge < -0.3 is 10.7 Å². The van der Waals surface area contributed by atoms with E-state index in [-0.39, 0.29) is 0 Å². The molecule has 2 aromatic rings. The molecule has 3 N–H and O–H groups in total. The highest BCUT2D eigenvalue weighted by Crippen LogP contribution is 2.09. The highest BCUT2D eigenvalue weighted by atomic mass is 35.6. The molecule has 8 heteroatoms. The smallest absolute Gasteiger partial charge is 0.182 e. The van der Waals surface area contributed by atoms with Gasteiger partial charge in [0.15, 0.2) is 15.8 Å². The maximum Gasteiger partial charge on any atom is 0.182 e. The molecular weight excluding hydrogens is 248 g/mol. The number of H-pyrrole nitrogens is 1. The number of anilines is 1. The molecule has 0 aromatic carbocycles. The maximum absolute atomic E-state index is 5.48. The second-order valence-electron chi connectivity index (χ2n) is 2.11. The van der Waals surface area contributed by atoms with Crippen LogP contribution in [-0.2, 0) is 0 Å². The van der Waals surface area contributed by atoms with E-state index < -0.39 is 4.30 Å². The summed E-state index contributed by atoms with van der Waals surface area (Å²) in [6.45, 7) is 0. The van der Waals surface area contributed by atoms with E-state index in [1.807, 2.05) is 0 Å². The Morgan fingerprint density at radius 3 is 2.43 bits per heavy atom. The van der Waals surface area contributed by atoms with Crippen molar-refractivity contribution in [2.24, 2.45) is 0 Å². The summed E-state index contributed by atoms with van der Waals surface area (Å²) >= 11 is 14.4. The predicted octanol–water partition coefficient (Wildman–Crippen LogP) is 1.92. The Kier molecular flexibility index (Phi) is 4.19. The number of aromatic nitrogens is 4. The highest BCUT2D eigenvalue weighted by molar-refractivity contribution is 6.63. The summed E-state index contributed by atoms with van der Waals surface area (Å²) in [5, 5.41) is 0. The molecule has 0 radical (unpaired) electrons. The molecule has 0 spiro atoms. The summed E-state index contributed by atoms with van der Waals surface area (Å²) in [6, 6.07) is 0. The quantitative estimate of drug-likeness (QED) is 0.704. The summed E-state index contributed by atoms with van der Waals surface area (Å²) < 4.78 is -0.750. The zero-order valence-corrected chi connectivity index (χ0v) is 9.05. The fourth-order valence-corrected chi connectivity index (χ4v) is 0.784. The van der Waals surface area contributed by atoms with Gasteiger partial charge in [-0.05, 0) is 0 Å². The highest BCUT2D eigenvalue weighted by Gasteiger charge is 1.99. The maximum atomic E-state index is 5.48. The molecule has 0 amide bonds. The third-order valence-electron chi connectivity index (χ3n) is 1.25. The molecule has 0 unspecified atom stereocenters. The number of rotatable bonds is 0. The lowest BCUT2D eigenvalue weighted by Gasteiger charge is -1.89. The van der Waals surface area contributed by atoms with E-state index in [4.69, 9.17) is 40.5 Å². The van der Waals surface area contributed by atoms with Gasteiger partial charge in [0.1, 0.15) is 11.8 Å². The number of aromatic amines is 1. The Hall–Kier alpha value is -0.780. The largest absolute Gasteiger partial charge is 0.382 e. The van der Waals surface area contributed by atoms with E-state index in [0.29, 0.717) is 17.0 Å². The standard InChI is InChI=1S/C5H5N5.CHCl3/c6-4-3-5(9-1-7-3)10-2-8-4;2-1(3)4/h1-2H,(H3,6,7,8,9,10);1H. The summed E-state index contributed by atoms with van der Waals surface area (Å²) in [4.78, 5) is 14.4. The number of hydrogen-bond donors (Lipinski definition) is 2. The molecule has 2 heterocycles. The van der Waals surface area contributed by atoms with Gasteiger partial charge >= 0.3 is 0 Å². The van der Waals surface area contributed by atoms with Crippen LogP contribution in [0.3, 0.4) is 0 Å². The van der Waals surface area contributed by atoms with Gasteiger partial charge in [-0.25, -0.2) is 15.0 Å². The van der Waals surface area contributed by atoms with Crippen LogP contribution in [0.2, 0.25) is 0 Å². The van der Waals surface area contributed by atoms with Crippen LogP contribution in [0.1, 0.15) is 0 Å². The topological polar surface area (TPSA) is 80.5 Å². The van der Waals surface area contributed by atoms with Gasteiger partial charge in [0, 0.05) is 0 Å². The van der Waals surface area contributed by atoms with Gasteiger partial charge in [0.05, 0.1) is 6.33 Å². The SMILES string of the molecule is ClC(Cl)Cl.Nc1ncnc2nc[nH]c12. The van der Waals surface area contributed by atoms with Crippen LogP contribution in [0.5, 0.6) is 0 Å². The molecule has 2 aromatic heterocycles. The number of nitrogens with zero attached hydrogens (tertiary/aromatic N) is 3. The number of imidazole rings is 1. The van der Waals surface area contributed by atoms with E-state index in [0.717, 1.165) is 0 Å². The summed E-state index contributed by atoms with van der Waals surface area (Å²) in [5.74, 6) is 0.433. The first-order valence-corrected chi connectivity index (χ1v) is 4.74. The Morgan fingerprint density at radius 1 is 1.21 bits per heavy atom. The first-order chi connectivity index (χ1) is 6.61. The summed E-state index contributed by atoms with van der Waals surface area (Å²) in [7, 11) is 0. The van der Waals surface area contributed by atoms with Crippen LogP contribution in [-0.4, -0.2) is 24.2 Å². The van der Waals surface area contributed by atoms with E-state index in [1.54, 1.807) is 0 Å². The molecule has 0 aliphatic carbocycles. The van der Waals surface area contributed by atoms with Gasteiger partial charge in [-0.1, -0.05) is 34.8 Å². The molecule has 0 bridgehead atoms. The van der Waals surface area contributed by atoms with E-state index >= 15 is 0 Å². The third kappa shape index (κ3) is 3.17. The van der Waals surface area contributed by atoms with Crippen LogP contribution in [0.25, 0.3) is 11.2 Å². The Bertz CT molecular complexity index is 398. The summed E-state index contributed by atoms with van der Waals surface area (Å²) in [5.41, 5.74) is 6.78. The minimum atomic E-state index is -0.750. The predicted molar refractivity (Wildman–Crippen MR) is 57.4 cm³/mol. The number of halogens is 3. The van der Waals surface area contributed by atoms with Gasteiger partial charge in [-0.3, -0.25) is 0 Å². The van der Waals surface area contributed by atoms with Gasteiger partial charge in [0.25, 0.3) is 0 Å². The van der Waals surface area contributed by atoms with Gasteiger partial charge in [-0.2, -0.15) is 0 Å². The normalized spacial score (nSPS) is 10.0. The molecule has 2 rings (SSSR count). The average molecular weight is 255 g/mol. The molecule has 5 nitrogen and oxygen atoms in total. The molecular formula is C6H6Cl3N5. The second-order valence-corrected chi connectivity index (χ2v) is 4.09. The number of nitrogens with one attached hydrogen (secondary N) is 1. The van der Waals surface area contributed by atoms with Crippen molar-refractivity contribution in [1.82, 2.24) is 19.9 Å². The van der Waals surface area contributed by atoms with Crippen molar-refractivity contribution < 1.29 is 0 Å². The number of fused-ring (bicyclic) bond motifs is 1. The minimum absolute atomic E-state index is 0.433. The van der Waals surface area contributed by atoms with Crippen LogP contribution >= 0.6 is 34.8 Å². The molecule has 0 fully saturated rings. The number of hydrogen-bond acceptors (Lipinski definition) is 4. The van der Waals surface area contributed by atoms with Crippen LogP contribution in [0.15, 0.2) is 12.7 Å². The molecule has 0 saturated heterocycles. The van der Waals surface area contributed by atoms with Crippen molar-refractivity contribution in [1.29, 1.82) is 0 Å².